The highest BCUT2D eigenvalue weighted by Crippen LogP contribution is 2.63. The molecule has 6 rings (SSSR count). The maximum atomic E-state index is 15.6. The monoisotopic (exact) mass is 655 g/mol. The molecule has 3 fully saturated rings. The Kier molecular flexibility index (Phi) is 9.02. The Morgan fingerprint density at radius 3 is 1.77 bits per heavy atom. The van der Waals surface area contributed by atoms with Gasteiger partial charge in [-0.1, -0.05) is 118 Å². The van der Waals surface area contributed by atoms with Gasteiger partial charge >= 0.3 is 0 Å². The lowest BCUT2D eigenvalue weighted by Gasteiger charge is -2.67. The lowest BCUT2D eigenvalue weighted by atomic mass is 9.52. The minimum Gasteiger partial charge on any atom is -0.315 e. The summed E-state index contributed by atoms with van der Waals surface area (Å²) in [6, 6.07) is 26.2. The van der Waals surface area contributed by atoms with E-state index in [0.29, 0.717) is 49.9 Å². The van der Waals surface area contributed by atoms with Crippen molar-refractivity contribution >= 4 is 27.5 Å². The molecule has 3 atom stereocenters. The molecular weight excluding hydrogens is 611 g/mol. The Morgan fingerprint density at radius 2 is 1.28 bits per heavy atom. The fraction of sp³-hybridized carbons (Fsp3) is 0.447. The number of hydrogen-bond donors (Lipinski definition) is 1. The van der Waals surface area contributed by atoms with Gasteiger partial charge in [0.25, 0.3) is 0 Å². The summed E-state index contributed by atoms with van der Waals surface area (Å²) >= 11 is 0. The zero-order valence-corrected chi connectivity index (χ0v) is 28.1. The molecule has 3 unspecified atom stereocenters. The summed E-state index contributed by atoms with van der Waals surface area (Å²) in [5, 5.41) is 6.71. The van der Waals surface area contributed by atoms with E-state index in [1.807, 2.05) is 11.0 Å². The van der Waals surface area contributed by atoms with Gasteiger partial charge < -0.3 is 4.90 Å². The summed E-state index contributed by atoms with van der Waals surface area (Å²) in [5.41, 5.74) is -3.05. The van der Waals surface area contributed by atoms with Gasteiger partial charge in [0.15, 0.2) is 22.0 Å². The number of primary sulfonamides is 1. The summed E-state index contributed by atoms with van der Waals surface area (Å²) < 4.78 is 28.3. The Bertz CT molecular complexity index is 1720. The van der Waals surface area contributed by atoms with Gasteiger partial charge in [-0.05, 0) is 43.2 Å². The number of likely N-dealkylation sites (tertiary alicyclic amines) is 2. The Labute approximate surface area is 278 Å². The van der Waals surface area contributed by atoms with Gasteiger partial charge in [-0.25, -0.2) is 13.6 Å². The number of piperidine rings is 2. The smallest absolute Gasteiger partial charge is 0.227 e. The van der Waals surface area contributed by atoms with Gasteiger partial charge in [0.2, 0.25) is 15.9 Å². The van der Waals surface area contributed by atoms with Crippen molar-refractivity contribution in [1.82, 2.24) is 9.80 Å². The first-order valence-electron chi connectivity index (χ1n) is 16.9. The van der Waals surface area contributed by atoms with Gasteiger partial charge in [-0.2, -0.15) is 0 Å². The standard InChI is InChI=1S/C38H45N3O5S/c1-28(2)33(42)38(40-25-13-6-14-26-40)37(47(39,45)46,32-22-11-5-12-23-32)36(31-20-9-4-10-21-31,34(43)29-16-7-3-8-17-29)24-27-41(38)35(44)30-18-15-19-30/h3-5,7-12,16-17,20-23,28,30H,6,13-15,18-19,24-27H2,1-2H3,(H2,39,45,46). The number of carbonyl (C=O) groups excluding carboxylic acids is 3. The number of benzene rings is 3. The third-order valence-corrected chi connectivity index (χ3v) is 12.6. The van der Waals surface area contributed by atoms with E-state index in [1.54, 1.807) is 104 Å². The van der Waals surface area contributed by atoms with Crippen molar-refractivity contribution in [2.24, 2.45) is 17.0 Å². The van der Waals surface area contributed by atoms with Crippen LogP contribution in [0, 0.1) is 11.8 Å². The number of Topliss-reactive ketones (excluding diaryl/α,β-unsaturated/α-hetero) is 2. The van der Waals surface area contributed by atoms with Gasteiger partial charge in [-0.3, -0.25) is 19.3 Å². The summed E-state index contributed by atoms with van der Waals surface area (Å²) in [4.78, 5) is 49.6. The molecule has 0 radical (unpaired) electrons. The molecule has 2 aliphatic heterocycles. The summed E-state index contributed by atoms with van der Waals surface area (Å²) in [5.74, 6) is -2.14. The second-order valence-corrected chi connectivity index (χ2v) is 15.4. The number of nitrogens with zero attached hydrogens (tertiary/aromatic N) is 2. The molecule has 47 heavy (non-hydrogen) atoms. The van der Waals surface area contributed by atoms with Gasteiger partial charge in [0, 0.05) is 37.0 Å². The van der Waals surface area contributed by atoms with Crippen LogP contribution in [-0.4, -0.2) is 61.0 Å². The van der Waals surface area contributed by atoms with Gasteiger partial charge in [0.05, 0.1) is 5.41 Å². The first-order chi connectivity index (χ1) is 22.5. The molecule has 0 bridgehead atoms. The lowest BCUT2D eigenvalue weighted by Crippen LogP contribution is -2.87. The first kappa shape index (κ1) is 33.2. The van der Waals surface area contributed by atoms with Gasteiger partial charge in [0.1, 0.15) is 0 Å². The second-order valence-electron chi connectivity index (χ2n) is 13.7. The van der Waals surface area contributed by atoms with Crippen LogP contribution in [0.4, 0.5) is 0 Å². The first-order valence-corrected chi connectivity index (χ1v) is 18.4. The van der Waals surface area contributed by atoms with Crippen LogP contribution in [0.3, 0.4) is 0 Å². The molecule has 248 valence electrons. The number of hydrogen-bond acceptors (Lipinski definition) is 6. The van der Waals surface area contributed by atoms with E-state index in [-0.39, 0.29) is 30.4 Å². The van der Waals surface area contributed by atoms with E-state index in [0.717, 1.165) is 12.8 Å². The zero-order chi connectivity index (χ0) is 33.5. The predicted octanol–water partition coefficient (Wildman–Crippen LogP) is 5.43. The number of carbonyl (C=O) groups is 3. The Balaban J connectivity index is 1.88. The summed E-state index contributed by atoms with van der Waals surface area (Å²) in [7, 11) is -4.94. The predicted molar refractivity (Wildman–Crippen MR) is 182 cm³/mol. The highest BCUT2D eigenvalue weighted by Gasteiger charge is 2.81. The number of rotatable bonds is 9. The molecule has 1 saturated carbocycles. The largest absolute Gasteiger partial charge is 0.315 e. The minimum absolute atomic E-state index is 0.0157. The van der Waals surface area contributed by atoms with E-state index in [1.165, 1.54) is 0 Å². The molecule has 9 heteroatoms. The van der Waals surface area contributed by atoms with Crippen LogP contribution in [0.25, 0.3) is 0 Å². The Hall–Kier alpha value is -3.66. The molecule has 8 nitrogen and oxygen atoms in total. The molecular formula is C38H45N3O5S. The van der Waals surface area contributed by atoms with Crippen LogP contribution in [0.5, 0.6) is 0 Å². The van der Waals surface area contributed by atoms with E-state index < -0.39 is 43.3 Å². The molecule has 1 aliphatic carbocycles. The molecule has 0 aromatic heterocycles. The van der Waals surface area contributed by atoms with Crippen LogP contribution < -0.4 is 5.14 Å². The normalized spacial score (nSPS) is 27.3. The van der Waals surface area contributed by atoms with Crippen LogP contribution >= 0.6 is 0 Å². The van der Waals surface area contributed by atoms with Crippen molar-refractivity contribution in [2.45, 2.75) is 74.6 Å². The second kappa shape index (κ2) is 12.7. The van der Waals surface area contributed by atoms with Crippen LogP contribution in [0.2, 0.25) is 0 Å². The maximum absolute atomic E-state index is 15.6. The number of amides is 1. The van der Waals surface area contributed by atoms with Gasteiger partial charge in [-0.15, -0.1) is 0 Å². The highest BCUT2D eigenvalue weighted by molar-refractivity contribution is 7.90. The van der Waals surface area contributed by atoms with E-state index in [9.17, 15) is 4.79 Å². The summed E-state index contributed by atoms with van der Waals surface area (Å²) in [6.07, 6.45) is 4.50. The topological polar surface area (TPSA) is 118 Å². The van der Waals surface area contributed by atoms with Crippen molar-refractivity contribution < 1.29 is 22.8 Å². The molecule has 3 aromatic rings. The van der Waals surface area contributed by atoms with Crippen molar-refractivity contribution in [3.05, 3.63) is 108 Å². The Morgan fingerprint density at radius 1 is 0.745 bits per heavy atom. The molecule has 0 spiro atoms. The van der Waals surface area contributed by atoms with Crippen molar-refractivity contribution in [2.75, 3.05) is 19.6 Å². The van der Waals surface area contributed by atoms with Crippen molar-refractivity contribution in [3.63, 3.8) is 0 Å². The molecule has 3 aliphatic rings. The lowest BCUT2D eigenvalue weighted by molar-refractivity contribution is -0.187. The average molecular weight is 656 g/mol. The quantitative estimate of drug-likeness (QED) is 0.307. The fourth-order valence-electron chi connectivity index (χ4n) is 8.76. The summed E-state index contributed by atoms with van der Waals surface area (Å²) in [6.45, 7) is 4.26. The number of ketones is 2. The fourth-order valence-corrected chi connectivity index (χ4v) is 10.8. The van der Waals surface area contributed by atoms with E-state index in [4.69, 9.17) is 5.14 Å². The molecule has 2 N–H and O–H groups in total. The highest BCUT2D eigenvalue weighted by atomic mass is 32.2. The maximum Gasteiger partial charge on any atom is 0.227 e. The minimum atomic E-state index is -4.94. The van der Waals surface area contributed by atoms with Crippen LogP contribution in [-0.2, 0) is 29.8 Å². The third-order valence-electron chi connectivity index (χ3n) is 10.9. The van der Waals surface area contributed by atoms with Crippen LogP contribution in [0.1, 0.15) is 80.3 Å². The molecule has 3 aromatic carbocycles. The average Bonchev–Trinajstić information content (AvgIpc) is 3.06. The van der Waals surface area contributed by atoms with E-state index >= 15 is 18.0 Å². The zero-order valence-electron chi connectivity index (χ0n) is 27.3. The van der Waals surface area contributed by atoms with Crippen molar-refractivity contribution in [3.8, 4) is 0 Å². The molecule has 2 heterocycles. The third kappa shape index (κ3) is 4.84. The number of sulfonamides is 1. The molecule has 2 saturated heterocycles. The SMILES string of the molecule is CC(C)C(=O)C1(N2CCCCC2)N(C(=O)C2CCC2)CCC(C(=O)c2ccccc2)(c2ccccc2)C1(c1ccccc1)S(N)(=O)=O. The van der Waals surface area contributed by atoms with Crippen LogP contribution in [0.15, 0.2) is 91.0 Å². The number of nitrogens with two attached hydrogens (primary N) is 1. The molecule has 1 amide bonds. The van der Waals surface area contributed by atoms with E-state index in [2.05, 4.69) is 0 Å². The van der Waals surface area contributed by atoms with Crippen molar-refractivity contribution in [1.29, 1.82) is 0 Å².